The lowest BCUT2D eigenvalue weighted by molar-refractivity contribution is 0.342. The molecule has 0 spiro atoms. The van der Waals surface area contributed by atoms with Crippen molar-refractivity contribution >= 4 is 0 Å². The first-order chi connectivity index (χ1) is 5.18. The Hall–Kier alpha value is -0.560. The first-order valence-electron chi connectivity index (χ1n) is 4.04. The summed E-state index contributed by atoms with van der Waals surface area (Å²) in [5.41, 5.74) is 1.41. The molecule has 0 bridgehead atoms. The Morgan fingerprint density at radius 3 is 1.91 bits per heavy atom. The second-order valence-electron chi connectivity index (χ2n) is 2.44. The van der Waals surface area contributed by atoms with E-state index in [1.807, 2.05) is 6.92 Å². The number of aliphatic hydroxyl groups excluding tert-OH is 1. The van der Waals surface area contributed by atoms with Gasteiger partial charge < -0.3 is 5.11 Å². The lowest BCUT2D eigenvalue weighted by Gasteiger charge is -1.80. The van der Waals surface area contributed by atoms with Gasteiger partial charge in [0.15, 0.2) is 0 Å². The lowest BCUT2D eigenvalue weighted by atomic mass is 10.3. The van der Waals surface area contributed by atoms with E-state index in [1.165, 1.54) is 12.0 Å². The van der Waals surface area contributed by atoms with E-state index < -0.39 is 0 Å². The van der Waals surface area contributed by atoms with Gasteiger partial charge >= 0.3 is 0 Å². The molecule has 0 fully saturated rings. The van der Waals surface area contributed by atoms with Gasteiger partial charge in [-0.05, 0) is 27.2 Å². The van der Waals surface area contributed by atoms with Gasteiger partial charge in [0.25, 0.3) is 0 Å². The highest BCUT2D eigenvalue weighted by Crippen LogP contribution is 1.89. The summed E-state index contributed by atoms with van der Waals surface area (Å²) in [7, 11) is 0. The van der Waals surface area contributed by atoms with Crippen LogP contribution in [0.1, 0.15) is 34.1 Å². The first-order valence-corrected chi connectivity index (χ1v) is 4.04. The standard InChI is InChI=1S/C6H12.C4H8O/c1-4-5-6(2)3;1-2-3-4-5/h5H,4H2,1-3H3;2-3,5H,4H2,1H3/b;3-2+. The molecule has 0 saturated heterocycles. The molecular formula is C10H20O. The second kappa shape index (κ2) is 12.1. The van der Waals surface area contributed by atoms with E-state index in [-0.39, 0.29) is 6.61 Å². The van der Waals surface area contributed by atoms with Crippen LogP contribution in [0.5, 0.6) is 0 Å². The zero-order valence-corrected chi connectivity index (χ0v) is 8.09. The Labute approximate surface area is 70.4 Å². The Morgan fingerprint density at radius 2 is 1.91 bits per heavy atom. The van der Waals surface area contributed by atoms with E-state index in [0.717, 1.165) is 0 Å². The summed E-state index contributed by atoms with van der Waals surface area (Å²) in [6, 6.07) is 0. The van der Waals surface area contributed by atoms with Gasteiger partial charge in [0.05, 0.1) is 6.61 Å². The van der Waals surface area contributed by atoms with Crippen LogP contribution in [0.3, 0.4) is 0 Å². The third-order valence-corrected chi connectivity index (χ3v) is 0.953. The largest absolute Gasteiger partial charge is 0.392 e. The van der Waals surface area contributed by atoms with Crippen LogP contribution < -0.4 is 0 Å². The molecule has 0 aliphatic carbocycles. The van der Waals surface area contributed by atoms with Gasteiger partial charge in [0.2, 0.25) is 0 Å². The van der Waals surface area contributed by atoms with Crippen LogP contribution in [-0.4, -0.2) is 11.7 Å². The molecule has 0 aromatic heterocycles. The number of hydrogen-bond acceptors (Lipinski definition) is 1. The minimum Gasteiger partial charge on any atom is -0.392 e. The predicted octanol–water partition coefficient (Wildman–Crippen LogP) is 2.92. The minimum atomic E-state index is 0.163. The summed E-state index contributed by atoms with van der Waals surface area (Å²) in [5.74, 6) is 0. The Morgan fingerprint density at radius 1 is 1.36 bits per heavy atom. The number of aliphatic hydroxyl groups is 1. The van der Waals surface area contributed by atoms with E-state index in [9.17, 15) is 0 Å². The average Bonchev–Trinajstić information content (AvgIpc) is 1.90. The lowest BCUT2D eigenvalue weighted by Crippen LogP contribution is -1.65. The highest BCUT2D eigenvalue weighted by atomic mass is 16.2. The molecule has 0 heterocycles. The van der Waals surface area contributed by atoms with Crippen molar-refractivity contribution < 1.29 is 5.11 Å². The molecule has 66 valence electrons. The van der Waals surface area contributed by atoms with E-state index >= 15 is 0 Å². The maximum absolute atomic E-state index is 7.98. The van der Waals surface area contributed by atoms with Gasteiger partial charge in [-0.3, -0.25) is 0 Å². The van der Waals surface area contributed by atoms with Crippen molar-refractivity contribution in [1.29, 1.82) is 0 Å². The molecule has 11 heavy (non-hydrogen) atoms. The Bertz CT molecular complexity index is 108. The third-order valence-electron chi connectivity index (χ3n) is 0.953. The van der Waals surface area contributed by atoms with Crippen molar-refractivity contribution in [2.24, 2.45) is 0 Å². The zero-order valence-electron chi connectivity index (χ0n) is 8.09. The fourth-order valence-corrected chi connectivity index (χ4v) is 0.514. The molecule has 0 aliphatic rings. The maximum atomic E-state index is 7.98. The van der Waals surface area contributed by atoms with Crippen molar-refractivity contribution in [2.75, 3.05) is 6.61 Å². The summed E-state index contributed by atoms with van der Waals surface area (Å²) in [6.07, 6.45) is 6.86. The smallest absolute Gasteiger partial charge is 0.0612 e. The van der Waals surface area contributed by atoms with Crippen LogP contribution in [0.2, 0.25) is 0 Å². The van der Waals surface area contributed by atoms with Gasteiger partial charge in [-0.15, -0.1) is 0 Å². The van der Waals surface area contributed by atoms with Crippen molar-refractivity contribution in [3.8, 4) is 0 Å². The molecule has 0 saturated carbocycles. The molecule has 0 rings (SSSR count). The first kappa shape index (κ1) is 13.1. The predicted molar refractivity (Wildman–Crippen MR) is 51.6 cm³/mol. The van der Waals surface area contributed by atoms with E-state index in [4.69, 9.17) is 5.11 Å². The average molecular weight is 156 g/mol. The molecule has 0 aromatic rings. The molecule has 0 aromatic carbocycles. The van der Waals surface area contributed by atoms with E-state index in [0.29, 0.717) is 0 Å². The van der Waals surface area contributed by atoms with Gasteiger partial charge in [0.1, 0.15) is 0 Å². The summed E-state index contributed by atoms with van der Waals surface area (Å²) >= 11 is 0. The molecule has 0 unspecified atom stereocenters. The van der Waals surface area contributed by atoms with Crippen LogP contribution in [-0.2, 0) is 0 Å². The Kier molecular flexibility index (Phi) is 14.4. The fraction of sp³-hybridized carbons (Fsp3) is 0.600. The number of allylic oxidation sites excluding steroid dienone is 3. The van der Waals surface area contributed by atoms with Crippen molar-refractivity contribution in [1.82, 2.24) is 0 Å². The molecule has 0 radical (unpaired) electrons. The van der Waals surface area contributed by atoms with Crippen LogP contribution in [0.15, 0.2) is 23.8 Å². The maximum Gasteiger partial charge on any atom is 0.0612 e. The highest BCUT2D eigenvalue weighted by molar-refractivity contribution is 4.91. The monoisotopic (exact) mass is 156 g/mol. The van der Waals surface area contributed by atoms with Gasteiger partial charge in [-0.2, -0.15) is 0 Å². The topological polar surface area (TPSA) is 20.2 Å². The summed E-state index contributed by atoms with van der Waals surface area (Å²) in [4.78, 5) is 0. The molecule has 1 N–H and O–H groups in total. The number of rotatable bonds is 2. The summed E-state index contributed by atoms with van der Waals surface area (Å²) < 4.78 is 0. The van der Waals surface area contributed by atoms with Crippen molar-refractivity contribution in [3.63, 3.8) is 0 Å². The van der Waals surface area contributed by atoms with E-state index in [1.54, 1.807) is 12.2 Å². The Balaban J connectivity index is 0. The SMILES string of the molecule is C/C=C/CO.CCC=C(C)C. The van der Waals surface area contributed by atoms with Crippen molar-refractivity contribution in [2.45, 2.75) is 34.1 Å². The summed E-state index contributed by atoms with van der Waals surface area (Å²) in [6.45, 7) is 8.41. The van der Waals surface area contributed by atoms with Gasteiger partial charge in [0, 0.05) is 0 Å². The molecule has 0 atom stereocenters. The second-order valence-corrected chi connectivity index (χ2v) is 2.44. The van der Waals surface area contributed by atoms with Crippen LogP contribution >= 0.6 is 0 Å². The normalized spacial score (nSPS) is 8.82. The van der Waals surface area contributed by atoms with Crippen molar-refractivity contribution in [3.05, 3.63) is 23.8 Å². The number of hydrogen-bond donors (Lipinski definition) is 1. The third kappa shape index (κ3) is 26.5. The van der Waals surface area contributed by atoms with Gasteiger partial charge in [-0.25, -0.2) is 0 Å². The summed E-state index contributed by atoms with van der Waals surface area (Å²) in [5, 5.41) is 7.98. The quantitative estimate of drug-likeness (QED) is 0.609. The molecule has 1 heteroatoms. The minimum absolute atomic E-state index is 0.163. The highest BCUT2D eigenvalue weighted by Gasteiger charge is 1.67. The molecule has 0 amide bonds. The molecule has 0 aliphatic heterocycles. The molecular weight excluding hydrogens is 136 g/mol. The fourth-order valence-electron chi connectivity index (χ4n) is 0.514. The van der Waals surface area contributed by atoms with Crippen LogP contribution in [0.25, 0.3) is 0 Å². The van der Waals surface area contributed by atoms with Crippen LogP contribution in [0.4, 0.5) is 0 Å². The van der Waals surface area contributed by atoms with Crippen LogP contribution in [0, 0.1) is 0 Å². The van der Waals surface area contributed by atoms with Gasteiger partial charge in [-0.1, -0.05) is 30.7 Å². The molecule has 1 nitrogen and oxygen atoms in total. The zero-order chi connectivity index (χ0) is 9.11. The van der Waals surface area contributed by atoms with E-state index in [2.05, 4.69) is 26.8 Å².